The zero-order valence-corrected chi connectivity index (χ0v) is 11.3. The van der Waals surface area contributed by atoms with Gasteiger partial charge in [0.1, 0.15) is 6.61 Å². The topological polar surface area (TPSA) is 107 Å². The molecule has 0 saturated heterocycles. The predicted octanol–water partition coefficient (Wildman–Crippen LogP) is -0.318. The predicted molar refractivity (Wildman–Crippen MR) is 66.9 cm³/mol. The fraction of sp³-hybridized carbons (Fsp3) is 0.917. The molecule has 0 bridgehead atoms. The summed E-state index contributed by atoms with van der Waals surface area (Å²) in [5.74, 6) is -0.589. The van der Waals surface area contributed by atoms with Gasteiger partial charge in [0, 0.05) is 12.0 Å². The molecule has 110 valence electrons. The summed E-state index contributed by atoms with van der Waals surface area (Å²) in [5, 5.41) is 33.5. The molecule has 0 aromatic carbocycles. The highest BCUT2D eigenvalue weighted by Crippen LogP contribution is 2.10. The Hall–Kier alpha value is -0.690. The number of ether oxygens (including phenoxy) is 1. The largest absolute Gasteiger partial charge is 0.464 e. The molecule has 0 radical (unpaired) electrons. The average Bonchev–Trinajstić information content (AvgIpc) is 2.39. The van der Waals surface area contributed by atoms with E-state index in [1.54, 1.807) is 13.8 Å². The molecule has 0 heterocycles. The fourth-order valence-electron chi connectivity index (χ4n) is 0.672. The summed E-state index contributed by atoms with van der Waals surface area (Å²) in [5.41, 5.74) is -0.306. The summed E-state index contributed by atoms with van der Waals surface area (Å²) in [6.07, 6.45) is 2.32. The van der Waals surface area contributed by atoms with Gasteiger partial charge in [-0.25, -0.2) is 4.79 Å². The molecule has 18 heavy (non-hydrogen) atoms. The lowest BCUT2D eigenvalue weighted by Crippen LogP contribution is -2.20. The maximum atomic E-state index is 10.3. The van der Waals surface area contributed by atoms with Crippen molar-refractivity contribution in [2.45, 2.75) is 33.1 Å². The van der Waals surface area contributed by atoms with E-state index in [4.69, 9.17) is 20.4 Å². The molecule has 0 aromatic heterocycles. The van der Waals surface area contributed by atoms with Crippen molar-refractivity contribution >= 4 is 5.97 Å². The zero-order chi connectivity index (χ0) is 14.4. The van der Waals surface area contributed by atoms with Gasteiger partial charge < -0.3 is 25.2 Å². The molecule has 0 aromatic rings. The quantitative estimate of drug-likeness (QED) is 0.354. The molecule has 0 amide bonds. The van der Waals surface area contributed by atoms with Gasteiger partial charge in [-0.1, -0.05) is 13.8 Å². The Kier molecular flexibility index (Phi) is 13.9. The van der Waals surface area contributed by atoms with E-state index < -0.39 is 12.6 Å². The van der Waals surface area contributed by atoms with Crippen molar-refractivity contribution in [3.8, 4) is 0 Å². The fourth-order valence-corrected chi connectivity index (χ4v) is 0.672. The highest BCUT2D eigenvalue weighted by Gasteiger charge is 2.13. The van der Waals surface area contributed by atoms with E-state index in [1.165, 1.54) is 0 Å². The minimum Gasteiger partial charge on any atom is -0.464 e. The summed E-state index contributed by atoms with van der Waals surface area (Å²) in [4.78, 5) is 10.3. The van der Waals surface area contributed by atoms with Crippen molar-refractivity contribution in [1.29, 1.82) is 0 Å². The summed E-state index contributed by atoms with van der Waals surface area (Å²) >= 11 is 0. The zero-order valence-electron chi connectivity index (χ0n) is 11.3. The molecule has 0 saturated carbocycles. The lowest BCUT2D eigenvalue weighted by atomic mass is 9.97. The highest BCUT2D eigenvalue weighted by atomic mass is 16.5. The Bertz CT molecular complexity index is 187. The molecule has 0 spiro atoms. The first-order valence-electron chi connectivity index (χ1n) is 6.02. The van der Waals surface area contributed by atoms with Crippen LogP contribution in [0, 0.1) is 5.41 Å². The Morgan fingerprint density at radius 3 is 1.89 bits per heavy atom. The Labute approximate surface area is 108 Å². The smallest absolute Gasteiger partial charge is 0.331 e. The SMILES string of the molecule is CC(C)(CO)CO.O=C(CO)OCCCCCO. The van der Waals surface area contributed by atoms with Crippen LogP contribution in [0.1, 0.15) is 33.1 Å². The van der Waals surface area contributed by atoms with Crippen LogP contribution in [-0.4, -0.2) is 59.4 Å². The normalized spacial score (nSPS) is 10.6. The molecule has 0 aliphatic carbocycles. The van der Waals surface area contributed by atoms with Gasteiger partial charge in [0.2, 0.25) is 0 Å². The molecular weight excluding hydrogens is 240 g/mol. The van der Waals surface area contributed by atoms with E-state index in [0.29, 0.717) is 6.61 Å². The summed E-state index contributed by atoms with van der Waals surface area (Å²) < 4.78 is 4.57. The van der Waals surface area contributed by atoms with Crippen LogP contribution in [0.25, 0.3) is 0 Å². The lowest BCUT2D eigenvalue weighted by Gasteiger charge is -2.16. The van der Waals surface area contributed by atoms with Gasteiger partial charge in [-0.2, -0.15) is 0 Å². The number of carbonyl (C=O) groups excluding carboxylic acids is 1. The molecule has 4 N–H and O–H groups in total. The van der Waals surface area contributed by atoms with E-state index in [1.807, 2.05) is 0 Å². The Morgan fingerprint density at radius 2 is 1.56 bits per heavy atom. The van der Waals surface area contributed by atoms with E-state index >= 15 is 0 Å². The Balaban J connectivity index is 0. The first-order valence-corrected chi connectivity index (χ1v) is 6.02. The monoisotopic (exact) mass is 266 g/mol. The molecule has 0 aliphatic heterocycles. The van der Waals surface area contributed by atoms with Gasteiger partial charge in [0.25, 0.3) is 0 Å². The second-order valence-electron chi connectivity index (χ2n) is 4.64. The van der Waals surface area contributed by atoms with Crippen LogP contribution in [0.15, 0.2) is 0 Å². The highest BCUT2D eigenvalue weighted by molar-refractivity contribution is 5.70. The second kappa shape index (κ2) is 12.8. The first kappa shape index (κ1) is 19.6. The number of aliphatic hydroxyl groups excluding tert-OH is 4. The third kappa shape index (κ3) is 15.3. The van der Waals surface area contributed by atoms with Crippen LogP contribution in [0.3, 0.4) is 0 Å². The van der Waals surface area contributed by atoms with E-state index in [0.717, 1.165) is 19.3 Å². The molecule has 0 aliphatic rings. The van der Waals surface area contributed by atoms with E-state index in [9.17, 15) is 4.79 Å². The van der Waals surface area contributed by atoms with Crippen molar-refractivity contribution in [2.75, 3.05) is 33.0 Å². The van der Waals surface area contributed by atoms with Gasteiger partial charge in [0.15, 0.2) is 0 Å². The van der Waals surface area contributed by atoms with Crippen LogP contribution in [0.5, 0.6) is 0 Å². The minimum absolute atomic E-state index is 0.0451. The van der Waals surface area contributed by atoms with E-state index in [-0.39, 0.29) is 25.2 Å². The average molecular weight is 266 g/mol. The molecule has 0 rings (SSSR count). The number of hydrogen-bond acceptors (Lipinski definition) is 6. The molecular formula is C12H26O6. The van der Waals surface area contributed by atoms with Crippen LogP contribution >= 0.6 is 0 Å². The van der Waals surface area contributed by atoms with E-state index in [2.05, 4.69) is 4.74 Å². The summed E-state index contributed by atoms with van der Waals surface area (Å²) in [6.45, 7) is 3.64. The van der Waals surface area contributed by atoms with Gasteiger partial charge in [-0.05, 0) is 19.3 Å². The number of unbranched alkanes of at least 4 members (excludes halogenated alkanes) is 2. The van der Waals surface area contributed by atoms with Crippen LogP contribution in [0.4, 0.5) is 0 Å². The number of rotatable bonds is 8. The van der Waals surface area contributed by atoms with Crippen LogP contribution < -0.4 is 0 Å². The number of carbonyl (C=O) groups is 1. The van der Waals surface area contributed by atoms with Gasteiger partial charge >= 0.3 is 5.97 Å². The van der Waals surface area contributed by atoms with Crippen LogP contribution in [-0.2, 0) is 9.53 Å². The number of aliphatic hydroxyl groups is 4. The third-order valence-electron chi connectivity index (χ3n) is 2.05. The summed E-state index contributed by atoms with van der Waals surface area (Å²) in [6, 6.07) is 0. The molecule has 0 unspecified atom stereocenters. The number of esters is 1. The Morgan fingerprint density at radius 1 is 1.00 bits per heavy atom. The molecule has 6 nitrogen and oxygen atoms in total. The molecule has 0 fully saturated rings. The maximum absolute atomic E-state index is 10.3. The van der Waals surface area contributed by atoms with Crippen LogP contribution in [0.2, 0.25) is 0 Å². The van der Waals surface area contributed by atoms with Gasteiger partial charge in [-0.3, -0.25) is 0 Å². The summed E-state index contributed by atoms with van der Waals surface area (Å²) in [7, 11) is 0. The first-order chi connectivity index (χ1) is 8.43. The van der Waals surface area contributed by atoms with Crippen molar-refractivity contribution in [3.05, 3.63) is 0 Å². The van der Waals surface area contributed by atoms with Gasteiger partial charge in [-0.15, -0.1) is 0 Å². The van der Waals surface area contributed by atoms with Crippen molar-refractivity contribution in [2.24, 2.45) is 5.41 Å². The third-order valence-corrected chi connectivity index (χ3v) is 2.05. The molecule has 6 heteroatoms. The standard InChI is InChI=1S/C7H14O4.C5H12O2/c8-4-2-1-3-5-11-7(10)6-9;1-5(2,3-6)4-7/h8-9H,1-6H2;6-7H,3-4H2,1-2H3. The molecule has 0 atom stereocenters. The lowest BCUT2D eigenvalue weighted by molar-refractivity contribution is -0.147. The second-order valence-corrected chi connectivity index (χ2v) is 4.64. The maximum Gasteiger partial charge on any atom is 0.331 e. The minimum atomic E-state index is -0.589. The van der Waals surface area contributed by atoms with Crippen molar-refractivity contribution < 1.29 is 30.0 Å². The van der Waals surface area contributed by atoms with Gasteiger partial charge in [0.05, 0.1) is 19.8 Å². The number of hydrogen-bond donors (Lipinski definition) is 4. The van der Waals surface area contributed by atoms with Crippen molar-refractivity contribution in [1.82, 2.24) is 0 Å². The van der Waals surface area contributed by atoms with Crippen molar-refractivity contribution in [3.63, 3.8) is 0 Å².